The fourth-order valence-corrected chi connectivity index (χ4v) is 3.10. The van der Waals surface area contributed by atoms with Crippen LogP contribution in [0.4, 0.5) is 0 Å². The van der Waals surface area contributed by atoms with Crippen molar-refractivity contribution in [2.45, 2.75) is 25.8 Å². The summed E-state index contributed by atoms with van der Waals surface area (Å²) in [4.78, 5) is 8.45. The summed E-state index contributed by atoms with van der Waals surface area (Å²) in [7, 11) is 3.63. The summed E-state index contributed by atoms with van der Waals surface area (Å²) >= 11 is 3.63. The topological polar surface area (TPSA) is 67.1 Å². The van der Waals surface area contributed by atoms with Crippen LogP contribution in [0.2, 0.25) is 0 Å². The molecule has 0 radical (unpaired) electrons. The van der Waals surface area contributed by atoms with Crippen molar-refractivity contribution >= 4 is 21.9 Å². The van der Waals surface area contributed by atoms with Crippen molar-refractivity contribution in [3.05, 3.63) is 46.5 Å². The number of halogens is 1. The lowest BCUT2D eigenvalue weighted by atomic mass is 9.84. The average Bonchev–Trinajstić information content (AvgIpc) is 2.93. The van der Waals surface area contributed by atoms with E-state index in [2.05, 4.69) is 73.7 Å². The van der Waals surface area contributed by atoms with Gasteiger partial charge in [-0.25, -0.2) is 4.98 Å². The zero-order valence-corrected chi connectivity index (χ0v) is 15.6. The molecule has 2 rings (SSSR count). The summed E-state index contributed by atoms with van der Waals surface area (Å²) in [6.07, 6.45) is 1.54. The number of nitrogens with zero attached hydrogens (tertiary/aromatic N) is 4. The third-order valence-corrected chi connectivity index (χ3v) is 4.43. The Hall–Kier alpha value is -1.89. The second kappa shape index (κ2) is 7.59. The first kappa shape index (κ1) is 17.5. The summed E-state index contributed by atoms with van der Waals surface area (Å²) in [5, 5.41) is 10.7. The highest BCUT2D eigenvalue weighted by molar-refractivity contribution is 9.10. The Morgan fingerprint density at radius 2 is 2.04 bits per heavy atom. The van der Waals surface area contributed by atoms with Crippen LogP contribution < -0.4 is 10.6 Å². The van der Waals surface area contributed by atoms with Crippen molar-refractivity contribution in [3.8, 4) is 0 Å². The van der Waals surface area contributed by atoms with Gasteiger partial charge in [0.15, 0.2) is 5.96 Å². The molecule has 0 aliphatic heterocycles. The minimum Gasteiger partial charge on any atom is -0.356 e. The van der Waals surface area contributed by atoms with Gasteiger partial charge in [-0.2, -0.15) is 5.10 Å². The SMILES string of the molecule is CN=C(NCc1ncnn1C)NCC(C)(C)c1ccccc1Br. The molecule has 0 atom stereocenters. The van der Waals surface area contributed by atoms with Crippen molar-refractivity contribution < 1.29 is 0 Å². The van der Waals surface area contributed by atoms with E-state index in [-0.39, 0.29) is 5.41 Å². The molecule has 0 aliphatic rings. The standard InChI is InChI=1S/C16H23BrN6/c1-16(2,12-7-5-6-8-13(12)17)10-20-15(18-3)19-9-14-21-11-22-23(14)4/h5-8,11H,9-10H2,1-4H3,(H2,18,19,20). The van der Waals surface area contributed by atoms with Gasteiger partial charge in [-0.1, -0.05) is 48.0 Å². The Labute approximate surface area is 145 Å². The molecule has 0 spiro atoms. The summed E-state index contributed by atoms with van der Waals surface area (Å²) < 4.78 is 2.86. The van der Waals surface area contributed by atoms with E-state index in [4.69, 9.17) is 0 Å². The molecule has 0 bridgehead atoms. The van der Waals surface area contributed by atoms with Crippen LogP contribution in [0.5, 0.6) is 0 Å². The molecule has 0 fully saturated rings. The highest BCUT2D eigenvalue weighted by atomic mass is 79.9. The maximum absolute atomic E-state index is 4.26. The number of aliphatic imine (C=N–C) groups is 1. The zero-order valence-electron chi connectivity index (χ0n) is 14.0. The number of nitrogens with one attached hydrogen (secondary N) is 2. The van der Waals surface area contributed by atoms with Crippen molar-refractivity contribution in [1.29, 1.82) is 0 Å². The van der Waals surface area contributed by atoms with Gasteiger partial charge in [0.05, 0.1) is 6.54 Å². The quantitative estimate of drug-likeness (QED) is 0.618. The number of aryl methyl sites for hydroxylation is 1. The molecule has 6 nitrogen and oxygen atoms in total. The lowest BCUT2D eigenvalue weighted by Crippen LogP contribution is -2.43. The molecule has 1 heterocycles. The number of benzene rings is 1. The maximum atomic E-state index is 4.26. The van der Waals surface area contributed by atoms with Crippen LogP contribution in [0, 0.1) is 0 Å². The molecule has 0 aliphatic carbocycles. The van der Waals surface area contributed by atoms with Gasteiger partial charge in [-0.3, -0.25) is 9.67 Å². The van der Waals surface area contributed by atoms with Gasteiger partial charge in [0.1, 0.15) is 12.2 Å². The Morgan fingerprint density at radius 1 is 1.30 bits per heavy atom. The van der Waals surface area contributed by atoms with E-state index < -0.39 is 0 Å². The van der Waals surface area contributed by atoms with Gasteiger partial charge >= 0.3 is 0 Å². The molecule has 0 saturated carbocycles. The highest BCUT2D eigenvalue weighted by Crippen LogP contribution is 2.29. The maximum Gasteiger partial charge on any atom is 0.191 e. The van der Waals surface area contributed by atoms with E-state index in [1.54, 1.807) is 18.1 Å². The molecule has 0 saturated heterocycles. The second-order valence-corrected chi connectivity index (χ2v) is 6.80. The minimum absolute atomic E-state index is 0.0392. The van der Waals surface area contributed by atoms with Gasteiger partial charge in [-0.05, 0) is 11.6 Å². The minimum atomic E-state index is -0.0392. The Kier molecular flexibility index (Phi) is 5.76. The number of hydrogen-bond donors (Lipinski definition) is 2. The fraction of sp³-hybridized carbons (Fsp3) is 0.438. The van der Waals surface area contributed by atoms with Crippen LogP contribution in [0.3, 0.4) is 0 Å². The van der Waals surface area contributed by atoms with E-state index in [0.717, 1.165) is 22.8 Å². The first-order valence-corrected chi connectivity index (χ1v) is 8.26. The molecular weight excluding hydrogens is 356 g/mol. The molecule has 124 valence electrons. The fourth-order valence-electron chi connectivity index (χ4n) is 2.27. The summed E-state index contributed by atoms with van der Waals surface area (Å²) in [6.45, 7) is 5.74. The van der Waals surface area contributed by atoms with E-state index in [1.165, 1.54) is 5.56 Å². The molecule has 2 aromatic rings. The normalized spacial score (nSPS) is 12.3. The van der Waals surface area contributed by atoms with Crippen molar-refractivity contribution in [2.75, 3.05) is 13.6 Å². The van der Waals surface area contributed by atoms with Gasteiger partial charge in [-0.15, -0.1) is 0 Å². The molecular formula is C16H23BrN6. The van der Waals surface area contributed by atoms with Crippen molar-refractivity contribution in [1.82, 2.24) is 25.4 Å². The first-order chi connectivity index (χ1) is 10.9. The first-order valence-electron chi connectivity index (χ1n) is 7.46. The lowest BCUT2D eigenvalue weighted by Gasteiger charge is -2.27. The molecule has 7 heteroatoms. The molecule has 1 aromatic carbocycles. The lowest BCUT2D eigenvalue weighted by molar-refractivity contribution is 0.505. The number of guanidine groups is 1. The van der Waals surface area contributed by atoms with E-state index in [0.29, 0.717) is 6.54 Å². The molecule has 0 unspecified atom stereocenters. The summed E-state index contributed by atoms with van der Waals surface area (Å²) in [5.74, 6) is 1.60. The van der Waals surface area contributed by atoms with E-state index >= 15 is 0 Å². The van der Waals surface area contributed by atoms with Crippen molar-refractivity contribution in [3.63, 3.8) is 0 Å². The smallest absolute Gasteiger partial charge is 0.191 e. The molecule has 2 N–H and O–H groups in total. The average molecular weight is 379 g/mol. The zero-order chi connectivity index (χ0) is 16.9. The Balaban J connectivity index is 1.95. The van der Waals surface area contributed by atoms with Gasteiger partial charge in [0.2, 0.25) is 0 Å². The summed E-state index contributed by atoms with van der Waals surface area (Å²) in [5.41, 5.74) is 1.22. The Bertz CT molecular complexity index is 677. The second-order valence-electron chi connectivity index (χ2n) is 5.94. The van der Waals surface area contributed by atoms with Crippen LogP contribution in [-0.2, 0) is 19.0 Å². The van der Waals surface area contributed by atoms with Gasteiger partial charge in [0.25, 0.3) is 0 Å². The van der Waals surface area contributed by atoms with Crippen LogP contribution in [0.1, 0.15) is 25.2 Å². The largest absolute Gasteiger partial charge is 0.356 e. The molecule has 0 amide bonds. The predicted octanol–water partition coefficient (Wildman–Crippen LogP) is 2.22. The number of aromatic nitrogens is 3. The third-order valence-electron chi connectivity index (χ3n) is 3.74. The monoisotopic (exact) mass is 378 g/mol. The Morgan fingerprint density at radius 3 is 2.65 bits per heavy atom. The van der Waals surface area contributed by atoms with Crippen LogP contribution in [-0.4, -0.2) is 34.3 Å². The van der Waals surface area contributed by atoms with Crippen LogP contribution in [0.25, 0.3) is 0 Å². The number of rotatable bonds is 5. The van der Waals surface area contributed by atoms with Gasteiger partial charge < -0.3 is 10.6 Å². The van der Waals surface area contributed by atoms with Gasteiger partial charge in [0, 0.05) is 30.5 Å². The van der Waals surface area contributed by atoms with E-state index in [9.17, 15) is 0 Å². The molecule has 1 aromatic heterocycles. The highest BCUT2D eigenvalue weighted by Gasteiger charge is 2.23. The number of hydrogen-bond acceptors (Lipinski definition) is 3. The predicted molar refractivity (Wildman–Crippen MR) is 96.4 cm³/mol. The van der Waals surface area contributed by atoms with Crippen LogP contribution in [0.15, 0.2) is 40.1 Å². The third kappa shape index (κ3) is 4.54. The summed E-state index contributed by atoms with van der Waals surface area (Å²) in [6, 6.07) is 8.29. The van der Waals surface area contributed by atoms with Crippen LogP contribution >= 0.6 is 15.9 Å². The van der Waals surface area contributed by atoms with E-state index in [1.807, 2.05) is 13.1 Å². The molecule has 23 heavy (non-hydrogen) atoms. The van der Waals surface area contributed by atoms with Crippen molar-refractivity contribution in [2.24, 2.45) is 12.0 Å².